The van der Waals surface area contributed by atoms with Crippen molar-refractivity contribution in [3.05, 3.63) is 35.7 Å². The number of carboxylic acid groups (broad SMARTS) is 1. The van der Waals surface area contributed by atoms with E-state index in [0.717, 1.165) is 12.5 Å². The Morgan fingerprint density at radius 1 is 1.42 bits per heavy atom. The first-order valence-corrected chi connectivity index (χ1v) is 6.13. The Kier molecular flexibility index (Phi) is 5.73. The van der Waals surface area contributed by atoms with Gasteiger partial charge in [0.1, 0.15) is 0 Å². The number of nitrogens with zero attached hydrogens (tertiary/aromatic N) is 1. The molecular weight excluding hydrogens is 244 g/mol. The molecule has 0 spiro atoms. The van der Waals surface area contributed by atoms with Gasteiger partial charge in [0.25, 0.3) is 5.91 Å². The summed E-state index contributed by atoms with van der Waals surface area (Å²) in [4.78, 5) is 26.2. The third-order valence-corrected chi connectivity index (χ3v) is 2.45. The van der Waals surface area contributed by atoms with Crippen LogP contribution in [0.4, 0.5) is 0 Å². The summed E-state index contributed by atoms with van der Waals surface area (Å²) in [5.74, 6) is -0.700. The van der Waals surface area contributed by atoms with Crippen LogP contribution in [0.2, 0.25) is 0 Å². The summed E-state index contributed by atoms with van der Waals surface area (Å²) in [6.45, 7) is 4.79. The van der Waals surface area contributed by atoms with Crippen molar-refractivity contribution in [3.8, 4) is 0 Å². The largest absolute Gasteiger partial charge is 0.478 e. The monoisotopic (exact) mass is 262 g/mol. The molecule has 0 aliphatic rings. The molecule has 0 atom stereocenters. The van der Waals surface area contributed by atoms with E-state index in [-0.39, 0.29) is 5.91 Å². The van der Waals surface area contributed by atoms with E-state index < -0.39 is 5.97 Å². The molecule has 1 aromatic rings. The van der Waals surface area contributed by atoms with Gasteiger partial charge >= 0.3 is 5.97 Å². The van der Waals surface area contributed by atoms with Crippen molar-refractivity contribution < 1.29 is 14.7 Å². The minimum Gasteiger partial charge on any atom is -0.478 e. The van der Waals surface area contributed by atoms with E-state index in [1.165, 1.54) is 18.5 Å². The van der Waals surface area contributed by atoms with Crippen LogP contribution in [-0.4, -0.2) is 28.5 Å². The zero-order valence-corrected chi connectivity index (χ0v) is 11.1. The molecule has 0 saturated heterocycles. The first-order valence-electron chi connectivity index (χ1n) is 6.13. The van der Waals surface area contributed by atoms with Gasteiger partial charge < -0.3 is 10.4 Å². The molecule has 0 saturated carbocycles. The van der Waals surface area contributed by atoms with Crippen molar-refractivity contribution in [3.63, 3.8) is 0 Å². The molecule has 0 aliphatic heterocycles. The van der Waals surface area contributed by atoms with E-state index in [4.69, 9.17) is 5.11 Å². The Morgan fingerprint density at radius 3 is 2.79 bits per heavy atom. The van der Waals surface area contributed by atoms with Crippen LogP contribution >= 0.6 is 0 Å². The maximum atomic E-state index is 11.8. The molecule has 1 amide bonds. The number of rotatable bonds is 6. The van der Waals surface area contributed by atoms with Crippen molar-refractivity contribution in [2.75, 3.05) is 6.54 Å². The maximum Gasteiger partial charge on any atom is 0.328 e. The van der Waals surface area contributed by atoms with E-state index >= 15 is 0 Å². The lowest BCUT2D eigenvalue weighted by molar-refractivity contribution is -0.131. The zero-order chi connectivity index (χ0) is 14.3. The van der Waals surface area contributed by atoms with E-state index in [1.807, 2.05) is 0 Å². The number of carbonyl (C=O) groups excluding carboxylic acids is 1. The molecule has 0 unspecified atom stereocenters. The second-order valence-electron chi connectivity index (χ2n) is 4.62. The summed E-state index contributed by atoms with van der Waals surface area (Å²) in [5, 5.41) is 11.3. The van der Waals surface area contributed by atoms with Crippen LogP contribution in [0.3, 0.4) is 0 Å². The highest BCUT2D eigenvalue weighted by Crippen LogP contribution is 2.05. The van der Waals surface area contributed by atoms with Crippen LogP contribution in [0.5, 0.6) is 0 Å². The molecule has 0 aromatic carbocycles. The quantitative estimate of drug-likeness (QED) is 0.768. The minimum atomic E-state index is -1.04. The summed E-state index contributed by atoms with van der Waals surface area (Å²) >= 11 is 0. The number of hydrogen-bond acceptors (Lipinski definition) is 3. The highest BCUT2D eigenvalue weighted by Gasteiger charge is 2.06. The van der Waals surface area contributed by atoms with E-state index in [2.05, 4.69) is 24.1 Å². The lowest BCUT2D eigenvalue weighted by atomic mass is 10.1. The van der Waals surface area contributed by atoms with Crippen molar-refractivity contribution in [1.29, 1.82) is 0 Å². The Morgan fingerprint density at radius 2 is 2.16 bits per heavy atom. The Hall–Kier alpha value is -2.17. The van der Waals surface area contributed by atoms with Crippen LogP contribution in [0.15, 0.2) is 24.5 Å². The standard InChI is InChI=1S/C14H18N2O3/c1-10(2)5-6-16-14(19)12-7-11(8-15-9-12)3-4-13(17)18/h3-4,7-10H,5-6H2,1-2H3,(H,16,19)(H,17,18). The second-order valence-corrected chi connectivity index (χ2v) is 4.62. The predicted molar refractivity (Wildman–Crippen MR) is 72.7 cm³/mol. The molecule has 102 valence electrons. The molecule has 0 aliphatic carbocycles. The number of pyridine rings is 1. The fraction of sp³-hybridized carbons (Fsp3) is 0.357. The number of aliphatic carboxylic acids is 1. The fourth-order valence-corrected chi connectivity index (χ4v) is 1.42. The van der Waals surface area contributed by atoms with Crippen molar-refractivity contribution in [1.82, 2.24) is 10.3 Å². The molecule has 1 heterocycles. The van der Waals surface area contributed by atoms with E-state index in [0.29, 0.717) is 23.6 Å². The Balaban J connectivity index is 2.65. The zero-order valence-electron chi connectivity index (χ0n) is 11.1. The minimum absolute atomic E-state index is 0.196. The van der Waals surface area contributed by atoms with Gasteiger partial charge in [-0.25, -0.2) is 4.79 Å². The number of hydrogen-bond donors (Lipinski definition) is 2. The smallest absolute Gasteiger partial charge is 0.328 e. The van der Waals surface area contributed by atoms with E-state index in [9.17, 15) is 9.59 Å². The maximum absolute atomic E-state index is 11.8. The van der Waals surface area contributed by atoms with Crippen molar-refractivity contribution in [2.45, 2.75) is 20.3 Å². The molecule has 19 heavy (non-hydrogen) atoms. The first kappa shape index (κ1) is 14.9. The summed E-state index contributed by atoms with van der Waals surface area (Å²) in [7, 11) is 0. The van der Waals surface area contributed by atoms with Gasteiger partial charge in [-0.15, -0.1) is 0 Å². The SMILES string of the molecule is CC(C)CCNC(=O)c1cncc(C=CC(=O)O)c1. The molecule has 1 aromatic heterocycles. The van der Waals surface area contributed by atoms with Crippen LogP contribution in [0.25, 0.3) is 6.08 Å². The number of aromatic nitrogens is 1. The van der Waals surface area contributed by atoms with Gasteiger partial charge in [-0.2, -0.15) is 0 Å². The van der Waals surface area contributed by atoms with Gasteiger partial charge in [-0.05, 0) is 30.0 Å². The molecule has 5 nitrogen and oxygen atoms in total. The highest BCUT2D eigenvalue weighted by molar-refractivity contribution is 5.94. The number of nitrogens with one attached hydrogen (secondary N) is 1. The first-order chi connectivity index (χ1) is 8.99. The summed E-state index contributed by atoms with van der Waals surface area (Å²) in [5.41, 5.74) is 1.01. The molecule has 0 radical (unpaired) electrons. The third kappa shape index (κ3) is 5.81. The van der Waals surface area contributed by atoms with Crippen LogP contribution < -0.4 is 5.32 Å². The van der Waals surface area contributed by atoms with E-state index in [1.54, 1.807) is 6.07 Å². The van der Waals surface area contributed by atoms with Gasteiger partial charge in [-0.3, -0.25) is 9.78 Å². The molecule has 0 bridgehead atoms. The van der Waals surface area contributed by atoms with Gasteiger partial charge in [0, 0.05) is 25.0 Å². The Labute approximate surface area is 112 Å². The average Bonchev–Trinajstić information content (AvgIpc) is 2.36. The fourth-order valence-electron chi connectivity index (χ4n) is 1.42. The normalized spacial score (nSPS) is 10.9. The lowest BCUT2D eigenvalue weighted by Gasteiger charge is -2.07. The third-order valence-electron chi connectivity index (χ3n) is 2.45. The topological polar surface area (TPSA) is 79.3 Å². The summed E-state index contributed by atoms with van der Waals surface area (Å²) < 4.78 is 0. The second kappa shape index (κ2) is 7.31. The molecule has 1 rings (SSSR count). The number of carboxylic acids is 1. The van der Waals surface area contributed by atoms with Gasteiger partial charge in [0.05, 0.1) is 5.56 Å². The predicted octanol–water partition coefficient (Wildman–Crippen LogP) is 1.96. The van der Waals surface area contributed by atoms with Crippen LogP contribution in [-0.2, 0) is 4.79 Å². The number of amides is 1. The van der Waals surface area contributed by atoms with Gasteiger partial charge in [-0.1, -0.05) is 13.8 Å². The highest BCUT2D eigenvalue weighted by atomic mass is 16.4. The summed E-state index contributed by atoms with van der Waals surface area (Å²) in [6, 6.07) is 1.61. The summed E-state index contributed by atoms with van der Waals surface area (Å²) in [6.07, 6.45) is 6.29. The molecule has 0 fully saturated rings. The molecule has 2 N–H and O–H groups in total. The van der Waals surface area contributed by atoms with Crippen LogP contribution in [0, 0.1) is 5.92 Å². The van der Waals surface area contributed by atoms with Crippen molar-refractivity contribution >= 4 is 18.0 Å². The van der Waals surface area contributed by atoms with Gasteiger partial charge in [0.2, 0.25) is 0 Å². The lowest BCUT2D eigenvalue weighted by Crippen LogP contribution is -2.25. The number of carbonyl (C=O) groups is 2. The van der Waals surface area contributed by atoms with Gasteiger partial charge in [0.15, 0.2) is 0 Å². The van der Waals surface area contributed by atoms with Crippen LogP contribution in [0.1, 0.15) is 36.2 Å². The molecular formula is C14H18N2O3. The average molecular weight is 262 g/mol. The van der Waals surface area contributed by atoms with Crippen molar-refractivity contribution in [2.24, 2.45) is 5.92 Å². The molecule has 5 heteroatoms. The Bertz CT molecular complexity index is 481.